The molecule has 0 spiro atoms. The van der Waals surface area contributed by atoms with Crippen molar-refractivity contribution in [3.05, 3.63) is 0 Å². The predicted octanol–water partition coefficient (Wildman–Crippen LogP) is 1.98. The number of piperidine rings is 1. The van der Waals surface area contributed by atoms with Crippen molar-refractivity contribution in [3.8, 4) is 0 Å². The van der Waals surface area contributed by atoms with E-state index in [1.165, 1.54) is 4.31 Å². The molecule has 21 heavy (non-hydrogen) atoms. The standard InChI is InChI=1S/C14H28N2O4S/c1-3-5-9-13(7-4-2)15-21(19,20)16-10-6-8-12(11-16)14(17)18/h12-13,15H,3-11H2,1-2H3,(H,17,18). The zero-order chi connectivity index (χ0) is 15.9. The summed E-state index contributed by atoms with van der Waals surface area (Å²) < 4.78 is 28.9. The summed E-state index contributed by atoms with van der Waals surface area (Å²) in [6.45, 7) is 4.61. The van der Waals surface area contributed by atoms with E-state index in [1.807, 2.05) is 6.92 Å². The van der Waals surface area contributed by atoms with Gasteiger partial charge in [-0.25, -0.2) is 0 Å². The van der Waals surface area contributed by atoms with Gasteiger partial charge in [-0.15, -0.1) is 0 Å². The predicted molar refractivity (Wildman–Crippen MR) is 82.2 cm³/mol. The summed E-state index contributed by atoms with van der Waals surface area (Å²) >= 11 is 0. The Hall–Kier alpha value is -0.660. The lowest BCUT2D eigenvalue weighted by Gasteiger charge is -2.31. The molecule has 1 rings (SSSR count). The van der Waals surface area contributed by atoms with Crippen molar-refractivity contribution in [2.45, 2.75) is 64.8 Å². The summed E-state index contributed by atoms with van der Waals surface area (Å²) in [4.78, 5) is 11.1. The first kappa shape index (κ1) is 18.4. The molecule has 1 heterocycles. The maximum atomic E-state index is 12.4. The molecule has 0 saturated carbocycles. The fraction of sp³-hybridized carbons (Fsp3) is 0.929. The molecule has 0 radical (unpaired) electrons. The van der Waals surface area contributed by atoms with Crippen LogP contribution in [0.4, 0.5) is 0 Å². The number of nitrogens with one attached hydrogen (secondary N) is 1. The van der Waals surface area contributed by atoms with Crippen LogP contribution in [0, 0.1) is 5.92 Å². The van der Waals surface area contributed by atoms with Gasteiger partial charge in [0.1, 0.15) is 0 Å². The van der Waals surface area contributed by atoms with Crippen molar-refractivity contribution in [3.63, 3.8) is 0 Å². The lowest BCUT2D eigenvalue weighted by atomic mass is 10.0. The lowest BCUT2D eigenvalue weighted by Crippen LogP contribution is -2.50. The van der Waals surface area contributed by atoms with E-state index in [2.05, 4.69) is 11.6 Å². The lowest BCUT2D eigenvalue weighted by molar-refractivity contribution is -0.142. The Labute approximate surface area is 128 Å². The first-order chi connectivity index (χ1) is 9.90. The highest BCUT2D eigenvalue weighted by molar-refractivity contribution is 7.87. The number of carboxylic acid groups (broad SMARTS) is 1. The SMILES string of the molecule is CCCCC(CCC)NS(=O)(=O)N1CCCC(C(=O)O)C1. The highest BCUT2D eigenvalue weighted by atomic mass is 32.2. The van der Waals surface area contributed by atoms with Gasteiger partial charge in [-0.1, -0.05) is 33.1 Å². The number of unbranched alkanes of at least 4 members (excludes halogenated alkanes) is 1. The molecule has 0 aromatic carbocycles. The van der Waals surface area contributed by atoms with Crippen molar-refractivity contribution in [1.29, 1.82) is 0 Å². The fourth-order valence-corrected chi connectivity index (χ4v) is 4.26. The molecule has 0 aliphatic carbocycles. The van der Waals surface area contributed by atoms with E-state index in [9.17, 15) is 13.2 Å². The zero-order valence-corrected chi connectivity index (χ0v) is 13.9. The van der Waals surface area contributed by atoms with E-state index in [-0.39, 0.29) is 12.6 Å². The first-order valence-corrected chi connectivity index (χ1v) is 9.34. The topological polar surface area (TPSA) is 86.7 Å². The van der Waals surface area contributed by atoms with Gasteiger partial charge in [-0.3, -0.25) is 4.79 Å². The van der Waals surface area contributed by atoms with Gasteiger partial charge in [0.15, 0.2) is 0 Å². The van der Waals surface area contributed by atoms with E-state index in [1.54, 1.807) is 0 Å². The summed E-state index contributed by atoms with van der Waals surface area (Å²) in [5.41, 5.74) is 0. The molecule has 2 unspecified atom stereocenters. The number of nitrogens with zero attached hydrogens (tertiary/aromatic N) is 1. The number of carboxylic acids is 1. The van der Waals surface area contributed by atoms with Crippen LogP contribution in [0.5, 0.6) is 0 Å². The second-order valence-corrected chi connectivity index (χ2v) is 7.49. The van der Waals surface area contributed by atoms with Crippen molar-refractivity contribution in [1.82, 2.24) is 9.03 Å². The summed E-state index contributed by atoms with van der Waals surface area (Å²) in [6, 6.07) is -0.0508. The second-order valence-electron chi connectivity index (χ2n) is 5.79. The molecular weight excluding hydrogens is 292 g/mol. The number of hydrogen-bond acceptors (Lipinski definition) is 3. The maximum absolute atomic E-state index is 12.4. The van der Waals surface area contributed by atoms with E-state index in [0.717, 1.165) is 32.1 Å². The van der Waals surface area contributed by atoms with Crippen LogP contribution in [0.3, 0.4) is 0 Å². The van der Waals surface area contributed by atoms with Crippen LogP contribution in [0.1, 0.15) is 58.8 Å². The third-order valence-electron chi connectivity index (χ3n) is 3.93. The fourth-order valence-electron chi connectivity index (χ4n) is 2.71. The minimum Gasteiger partial charge on any atom is -0.481 e. The molecule has 1 aliphatic rings. The highest BCUT2D eigenvalue weighted by Crippen LogP contribution is 2.19. The largest absolute Gasteiger partial charge is 0.481 e. The molecule has 2 N–H and O–H groups in total. The molecule has 6 nitrogen and oxygen atoms in total. The Morgan fingerprint density at radius 1 is 1.33 bits per heavy atom. The number of hydrogen-bond donors (Lipinski definition) is 2. The summed E-state index contributed by atoms with van der Waals surface area (Å²) in [6.07, 6.45) is 5.75. The van der Waals surface area contributed by atoms with Gasteiger partial charge in [-0.05, 0) is 25.7 Å². The van der Waals surface area contributed by atoms with Crippen LogP contribution in [0.25, 0.3) is 0 Å². The van der Waals surface area contributed by atoms with Gasteiger partial charge in [0, 0.05) is 19.1 Å². The molecule has 1 aliphatic heterocycles. The Morgan fingerprint density at radius 2 is 2.05 bits per heavy atom. The van der Waals surface area contributed by atoms with Crippen LogP contribution in [0.15, 0.2) is 0 Å². The van der Waals surface area contributed by atoms with Crippen LogP contribution in [-0.2, 0) is 15.0 Å². The molecule has 0 bridgehead atoms. The Bertz CT molecular complexity index is 425. The van der Waals surface area contributed by atoms with Crippen molar-refractivity contribution in [2.24, 2.45) is 5.92 Å². The Balaban J connectivity index is 2.67. The molecular formula is C14H28N2O4S. The second kappa shape index (κ2) is 8.70. The molecule has 2 atom stereocenters. The van der Waals surface area contributed by atoms with Gasteiger partial charge in [0.2, 0.25) is 0 Å². The Morgan fingerprint density at radius 3 is 2.62 bits per heavy atom. The normalized spacial score (nSPS) is 22.1. The van der Waals surface area contributed by atoms with E-state index in [4.69, 9.17) is 5.11 Å². The summed E-state index contributed by atoms with van der Waals surface area (Å²) in [5.74, 6) is -1.50. The van der Waals surface area contributed by atoms with E-state index in [0.29, 0.717) is 19.4 Å². The maximum Gasteiger partial charge on any atom is 0.307 e. The van der Waals surface area contributed by atoms with Gasteiger partial charge in [0.25, 0.3) is 10.2 Å². The molecule has 0 aromatic heterocycles. The number of carbonyl (C=O) groups is 1. The summed E-state index contributed by atoms with van der Waals surface area (Å²) in [7, 11) is -3.58. The third kappa shape index (κ3) is 5.92. The first-order valence-electron chi connectivity index (χ1n) is 7.90. The summed E-state index contributed by atoms with van der Waals surface area (Å²) in [5, 5.41) is 9.06. The quantitative estimate of drug-likeness (QED) is 0.680. The van der Waals surface area contributed by atoms with Crippen LogP contribution in [-0.4, -0.2) is 42.9 Å². The van der Waals surface area contributed by atoms with Gasteiger partial charge < -0.3 is 5.11 Å². The van der Waals surface area contributed by atoms with Crippen molar-refractivity contribution < 1.29 is 18.3 Å². The van der Waals surface area contributed by atoms with Crippen molar-refractivity contribution >= 4 is 16.2 Å². The molecule has 0 aromatic rings. The smallest absolute Gasteiger partial charge is 0.307 e. The highest BCUT2D eigenvalue weighted by Gasteiger charge is 2.33. The molecule has 124 valence electrons. The van der Waals surface area contributed by atoms with Gasteiger partial charge in [-0.2, -0.15) is 17.4 Å². The monoisotopic (exact) mass is 320 g/mol. The number of rotatable bonds is 9. The minimum atomic E-state index is -3.58. The number of aliphatic carboxylic acids is 1. The Kier molecular flexibility index (Phi) is 7.62. The van der Waals surface area contributed by atoms with Crippen LogP contribution >= 0.6 is 0 Å². The third-order valence-corrected chi connectivity index (χ3v) is 5.57. The van der Waals surface area contributed by atoms with Gasteiger partial charge in [0.05, 0.1) is 5.92 Å². The van der Waals surface area contributed by atoms with Crippen LogP contribution < -0.4 is 4.72 Å². The van der Waals surface area contributed by atoms with Crippen LogP contribution in [0.2, 0.25) is 0 Å². The molecule has 7 heteroatoms. The van der Waals surface area contributed by atoms with Gasteiger partial charge >= 0.3 is 5.97 Å². The zero-order valence-electron chi connectivity index (χ0n) is 13.0. The molecule has 0 amide bonds. The average molecular weight is 320 g/mol. The van der Waals surface area contributed by atoms with E-state index >= 15 is 0 Å². The molecule has 1 saturated heterocycles. The van der Waals surface area contributed by atoms with E-state index < -0.39 is 22.1 Å². The van der Waals surface area contributed by atoms with Crippen molar-refractivity contribution in [2.75, 3.05) is 13.1 Å². The minimum absolute atomic E-state index is 0.0508. The average Bonchev–Trinajstić information content (AvgIpc) is 2.45. The molecule has 1 fully saturated rings.